The topological polar surface area (TPSA) is 12.5 Å². The molecular weight excluding hydrogens is 242 g/mol. The van der Waals surface area contributed by atoms with Crippen LogP contribution in [0.2, 0.25) is 0 Å². The molecule has 1 unspecified atom stereocenters. The van der Waals surface area contributed by atoms with Crippen molar-refractivity contribution < 1.29 is 13.5 Å². The first kappa shape index (κ1) is 9.09. The molecule has 13 heavy (non-hydrogen) atoms. The highest BCUT2D eigenvalue weighted by molar-refractivity contribution is 9.10. The van der Waals surface area contributed by atoms with Crippen molar-refractivity contribution in [2.75, 3.05) is 6.61 Å². The van der Waals surface area contributed by atoms with Gasteiger partial charge in [0.1, 0.15) is 11.6 Å². The van der Waals surface area contributed by atoms with Crippen LogP contribution in [0.3, 0.4) is 0 Å². The van der Waals surface area contributed by atoms with Crippen LogP contribution in [0, 0.1) is 11.6 Å². The van der Waals surface area contributed by atoms with Crippen molar-refractivity contribution in [2.45, 2.75) is 12.5 Å². The zero-order chi connectivity index (χ0) is 9.42. The van der Waals surface area contributed by atoms with Crippen LogP contribution in [-0.4, -0.2) is 12.7 Å². The lowest BCUT2D eigenvalue weighted by atomic mass is 10.1. The minimum atomic E-state index is -0.571. The maximum atomic E-state index is 13.3. The summed E-state index contributed by atoms with van der Waals surface area (Å²) in [4.78, 5) is 0. The van der Waals surface area contributed by atoms with Crippen molar-refractivity contribution >= 4 is 15.9 Å². The fourth-order valence-corrected chi connectivity index (χ4v) is 1.54. The third-order valence-corrected chi connectivity index (χ3v) is 2.69. The highest BCUT2D eigenvalue weighted by Gasteiger charge is 2.25. The average molecular weight is 249 g/mol. The number of hydrogen-bond donors (Lipinski definition) is 0. The van der Waals surface area contributed by atoms with Crippen molar-refractivity contribution in [1.29, 1.82) is 0 Å². The highest BCUT2D eigenvalue weighted by Crippen LogP contribution is 2.25. The lowest BCUT2D eigenvalue weighted by molar-refractivity contribution is 0.404. The van der Waals surface area contributed by atoms with Gasteiger partial charge in [0, 0.05) is 6.42 Å². The second kappa shape index (κ2) is 3.35. The largest absolute Gasteiger partial charge is 0.373 e. The third kappa shape index (κ3) is 1.89. The quantitative estimate of drug-likeness (QED) is 0.579. The molecule has 0 bridgehead atoms. The Morgan fingerprint density at radius 3 is 2.77 bits per heavy atom. The molecule has 0 radical (unpaired) electrons. The zero-order valence-electron chi connectivity index (χ0n) is 6.69. The minimum Gasteiger partial charge on any atom is -0.373 e. The molecule has 4 heteroatoms. The molecule has 1 atom stereocenters. The molecule has 2 rings (SSSR count). The predicted molar refractivity (Wildman–Crippen MR) is 47.5 cm³/mol. The molecule has 0 N–H and O–H groups in total. The van der Waals surface area contributed by atoms with E-state index >= 15 is 0 Å². The summed E-state index contributed by atoms with van der Waals surface area (Å²) < 4.78 is 31.0. The van der Waals surface area contributed by atoms with Gasteiger partial charge in [0.2, 0.25) is 0 Å². The first-order chi connectivity index (χ1) is 6.18. The Balaban J connectivity index is 2.29. The van der Waals surface area contributed by atoms with E-state index in [4.69, 9.17) is 4.74 Å². The van der Waals surface area contributed by atoms with E-state index in [9.17, 15) is 8.78 Å². The molecule has 0 aromatic heterocycles. The Morgan fingerprint density at radius 2 is 2.15 bits per heavy atom. The number of hydrogen-bond acceptors (Lipinski definition) is 1. The number of ether oxygens (including phenoxy) is 1. The Morgan fingerprint density at radius 1 is 1.46 bits per heavy atom. The smallest absolute Gasteiger partial charge is 0.143 e. The van der Waals surface area contributed by atoms with Crippen LogP contribution >= 0.6 is 15.9 Å². The molecule has 1 heterocycles. The van der Waals surface area contributed by atoms with Gasteiger partial charge in [0.05, 0.1) is 17.2 Å². The van der Waals surface area contributed by atoms with E-state index in [1.165, 1.54) is 12.1 Å². The van der Waals surface area contributed by atoms with Crippen LogP contribution in [0.25, 0.3) is 0 Å². The predicted octanol–water partition coefficient (Wildman–Crippen LogP) is 2.67. The van der Waals surface area contributed by atoms with Crippen LogP contribution in [0.4, 0.5) is 8.78 Å². The van der Waals surface area contributed by atoms with Gasteiger partial charge < -0.3 is 4.74 Å². The Labute approximate surface area is 82.8 Å². The lowest BCUT2D eigenvalue weighted by Gasteiger charge is -2.03. The van der Waals surface area contributed by atoms with Crippen molar-refractivity contribution in [3.05, 3.63) is 33.8 Å². The molecule has 1 aliphatic heterocycles. The molecule has 0 spiro atoms. The van der Waals surface area contributed by atoms with Gasteiger partial charge in [-0.3, -0.25) is 0 Å². The summed E-state index contributed by atoms with van der Waals surface area (Å²) in [5.74, 6) is -1.09. The van der Waals surface area contributed by atoms with E-state index in [2.05, 4.69) is 15.9 Å². The molecule has 1 aromatic carbocycles. The van der Waals surface area contributed by atoms with Gasteiger partial charge in [-0.25, -0.2) is 8.78 Å². The van der Waals surface area contributed by atoms with E-state index in [1.807, 2.05) is 0 Å². The molecule has 1 aromatic rings. The zero-order valence-corrected chi connectivity index (χ0v) is 8.27. The Bertz CT molecular complexity index is 337. The summed E-state index contributed by atoms with van der Waals surface area (Å²) in [5, 5.41) is 0. The fourth-order valence-electron chi connectivity index (χ4n) is 1.15. The SMILES string of the molecule is Fc1ccc(CC2CO2)c(F)c1Br. The Hall–Kier alpha value is -0.480. The van der Waals surface area contributed by atoms with Gasteiger partial charge in [0.15, 0.2) is 0 Å². The van der Waals surface area contributed by atoms with E-state index in [0.717, 1.165) is 0 Å². The van der Waals surface area contributed by atoms with Gasteiger partial charge in [-0.05, 0) is 27.6 Å². The van der Waals surface area contributed by atoms with E-state index in [1.54, 1.807) is 0 Å². The van der Waals surface area contributed by atoms with Crippen molar-refractivity contribution in [3.63, 3.8) is 0 Å². The van der Waals surface area contributed by atoms with Crippen LogP contribution in [0.5, 0.6) is 0 Å². The second-order valence-electron chi connectivity index (χ2n) is 2.99. The summed E-state index contributed by atoms with van der Waals surface area (Å²) >= 11 is 2.85. The monoisotopic (exact) mass is 248 g/mol. The number of rotatable bonds is 2. The van der Waals surface area contributed by atoms with Crippen LogP contribution in [-0.2, 0) is 11.2 Å². The summed E-state index contributed by atoms with van der Waals surface area (Å²) in [6, 6.07) is 2.71. The average Bonchev–Trinajstić information content (AvgIpc) is 2.90. The molecule has 0 amide bonds. The first-order valence-electron chi connectivity index (χ1n) is 3.92. The first-order valence-corrected chi connectivity index (χ1v) is 4.72. The summed E-state index contributed by atoms with van der Waals surface area (Å²) in [5.41, 5.74) is 0.496. The number of halogens is 3. The maximum Gasteiger partial charge on any atom is 0.143 e. The summed E-state index contributed by atoms with van der Waals surface area (Å²) in [7, 11) is 0. The minimum absolute atomic E-state index is 0.0920. The molecule has 1 aliphatic rings. The van der Waals surface area contributed by atoms with E-state index in [0.29, 0.717) is 18.6 Å². The van der Waals surface area contributed by atoms with E-state index in [-0.39, 0.29) is 10.6 Å². The number of epoxide rings is 1. The summed E-state index contributed by atoms with van der Waals surface area (Å²) in [6.07, 6.45) is 0.636. The van der Waals surface area contributed by atoms with Crippen molar-refractivity contribution in [1.82, 2.24) is 0 Å². The van der Waals surface area contributed by atoms with Gasteiger partial charge in [-0.2, -0.15) is 0 Å². The Kier molecular flexibility index (Phi) is 2.34. The van der Waals surface area contributed by atoms with Gasteiger partial charge >= 0.3 is 0 Å². The van der Waals surface area contributed by atoms with Gasteiger partial charge in [0.25, 0.3) is 0 Å². The van der Waals surface area contributed by atoms with Crippen LogP contribution < -0.4 is 0 Å². The maximum absolute atomic E-state index is 13.3. The molecular formula is C9H7BrF2O. The van der Waals surface area contributed by atoms with Gasteiger partial charge in [-0.1, -0.05) is 6.07 Å². The molecule has 1 fully saturated rings. The standard InChI is InChI=1S/C9H7BrF2O/c10-8-7(11)2-1-5(9(8)12)3-6-4-13-6/h1-2,6H,3-4H2. The third-order valence-electron chi connectivity index (χ3n) is 1.97. The highest BCUT2D eigenvalue weighted by atomic mass is 79.9. The normalized spacial score (nSPS) is 20.4. The molecule has 0 aliphatic carbocycles. The second-order valence-corrected chi connectivity index (χ2v) is 3.79. The molecule has 70 valence electrons. The van der Waals surface area contributed by atoms with Crippen LogP contribution in [0.15, 0.2) is 16.6 Å². The number of benzene rings is 1. The van der Waals surface area contributed by atoms with Crippen LogP contribution in [0.1, 0.15) is 5.56 Å². The van der Waals surface area contributed by atoms with Gasteiger partial charge in [-0.15, -0.1) is 0 Å². The molecule has 0 saturated carbocycles. The molecule has 1 nitrogen and oxygen atoms in total. The fraction of sp³-hybridized carbons (Fsp3) is 0.333. The molecule has 1 saturated heterocycles. The lowest BCUT2D eigenvalue weighted by Crippen LogP contribution is -1.98. The van der Waals surface area contributed by atoms with Crippen molar-refractivity contribution in [3.8, 4) is 0 Å². The van der Waals surface area contributed by atoms with E-state index < -0.39 is 11.6 Å². The summed E-state index contributed by atoms with van der Waals surface area (Å²) in [6.45, 7) is 0.675. The van der Waals surface area contributed by atoms with Crippen molar-refractivity contribution in [2.24, 2.45) is 0 Å².